The SMILES string of the molecule is O=C(c1ccc(CS(=O)(=O)c2cccc3cccnc23)cc1)N1CCN(c2ccccc2C(F)(F)F)CC1. The maximum absolute atomic E-state index is 13.4. The monoisotopic (exact) mass is 539 g/mol. The second-order valence-electron chi connectivity index (χ2n) is 9.08. The Morgan fingerprint density at radius 2 is 1.53 bits per heavy atom. The van der Waals surface area contributed by atoms with Crippen LogP contribution >= 0.6 is 0 Å². The van der Waals surface area contributed by atoms with Crippen LogP contribution in [0.1, 0.15) is 21.5 Å². The van der Waals surface area contributed by atoms with Crippen molar-refractivity contribution in [2.24, 2.45) is 0 Å². The van der Waals surface area contributed by atoms with Gasteiger partial charge in [-0.05, 0) is 42.0 Å². The molecule has 0 N–H and O–H groups in total. The molecule has 6 nitrogen and oxygen atoms in total. The number of nitrogens with zero attached hydrogens (tertiary/aromatic N) is 3. The maximum atomic E-state index is 13.4. The maximum Gasteiger partial charge on any atom is 0.418 e. The molecule has 2 heterocycles. The average molecular weight is 540 g/mol. The number of sulfone groups is 1. The van der Waals surface area contributed by atoms with Crippen LogP contribution in [0.2, 0.25) is 0 Å². The van der Waals surface area contributed by atoms with Gasteiger partial charge < -0.3 is 9.80 Å². The summed E-state index contributed by atoms with van der Waals surface area (Å²) >= 11 is 0. The Balaban J connectivity index is 1.25. The molecule has 1 amide bonds. The van der Waals surface area contributed by atoms with Crippen molar-refractivity contribution in [2.75, 3.05) is 31.1 Å². The number of alkyl halides is 3. The van der Waals surface area contributed by atoms with E-state index >= 15 is 0 Å². The molecule has 1 saturated heterocycles. The summed E-state index contributed by atoms with van der Waals surface area (Å²) in [5.74, 6) is -0.490. The molecule has 0 radical (unpaired) electrons. The summed E-state index contributed by atoms with van der Waals surface area (Å²) in [5, 5.41) is 0.733. The van der Waals surface area contributed by atoms with E-state index in [4.69, 9.17) is 0 Å². The number of pyridine rings is 1. The fourth-order valence-corrected chi connectivity index (χ4v) is 6.23. The number of piperazine rings is 1. The van der Waals surface area contributed by atoms with E-state index in [2.05, 4.69) is 4.98 Å². The van der Waals surface area contributed by atoms with Gasteiger partial charge in [0.25, 0.3) is 5.91 Å². The molecule has 0 spiro atoms. The first-order valence-corrected chi connectivity index (χ1v) is 13.6. The van der Waals surface area contributed by atoms with E-state index in [0.717, 1.165) is 11.5 Å². The van der Waals surface area contributed by atoms with Crippen LogP contribution in [-0.2, 0) is 21.8 Å². The van der Waals surface area contributed by atoms with E-state index in [1.807, 2.05) is 0 Å². The first kappa shape index (κ1) is 25.7. The number of benzene rings is 3. The Hall–Kier alpha value is -3.92. The van der Waals surface area contributed by atoms with Gasteiger partial charge in [-0.3, -0.25) is 9.78 Å². The molecule has 38 heavy (non-hydrogen) atoms. The zero-order valence-corrected chi connectivity index (χ0v) is 21.0. The number of halogens is 3. The number of carbonyl (C=O) groups excluding carboxylic acids is 1. The number of aromatic nitrogens is 1. The third kappa shape index (κ3) is 5.22. The molecule has 196 valence electrons. The molecule has 4 aromatic rings. The largest absolute Gasteiger partial charge is 0.418 e. The standard InChI is InChI=1S/C28H24F3N3O3S/c29-28(30,31)23-7-1-2-8-24(23)33-15-17-34(18-16-33)27(35)22-12-10-20(11-13-22)19-38(36,37)25-9-3-5-21-6-4-14-32-26(21)25/h1-14H,15-19H2. The zero-order valence-electron chi connectivity index (χ0n) is 20.2. The summed E-state index contributed by atoms with van der Waals surface area (Å²) < 4.78 is 66.4. The molecule has 0 unspecified atom stereocenters. The Morgan fingerprint density at radius 3 is 2.24 bits per heavy atom. The van der Waals surface area contributed by atoms with E-state index < -0.39 is 21.6 Å². The van der Waals surface area contributed by atoms with Crippen molar-refractivity contribution in [3.05, 3.63) is 102 Å². The summed E-state index contributed by atoms with van der Waals surface area (Å²) in [6.45, 7) is 1.09. The van der Waals surface area contributed by atoms with Crippen LogP contribution in [0.25, 0.3) is 10.9 Å². The topological polar surface area (TPSA) is 70.6 Å². The highest BCUT2D eigenvalue weighted by Crippen LogP contribution is 2.36. The number of hydrogen-bond donors (Lipinski definition) is 0. The molecule has 1 aromatic heterocycles. The molecule has 0 atom stereocenters. The van der Waals surface area contributed by atoms with Crippen LogP contribution in [0, 0.1) is 0 Å². The van der Waals surface area contributed by atoms with Crippen molar-refractivity contribution in [3.63, 3.8) is 0 Å². The van der Waals surface area contributed by atoms with E-state index in [0.29, 0.717) is 16.6 Å². The number of hydrogen-bond acceptors (Lipinski definition) is 5. The third-order valence-electron chi connectivity index (χ3n) is 6.61. The van der Waals surface area contributed by atoms with Crippen LogP contribution in [-0.4, -0.2) is 50.4 Å². The molecule has 10 heteroatoms. The Labute approximate surface area is 218 Å². The predicted octanol–water partition coefficient (Wildman–Crippen LogP) is 5.19. The van der Waals surface area contributed by atoms with Gasteiger partial charge in [0.2, 0.25) is 0 Å². The van der Waals surface area contributed by atoms with Crippen molar-refractivity contribution in [1.82, 2.24) is 9.88 Å². The molecular formula is C28H24F3N3O3S. The molecule has 0 aliphatic carbocycles. The van der Waals surface area contributed by atoms with Crippen LogP contribution in [0.15, 0.2) is 90.0 Å². The lowest BCUT2D eigenvalue weighted by molar-refractivity contribution is -0.137. The summed E-state index contributed by atoms with van der Waals surface area (Å²) in [7, 11) is -3.68. The lowest BCUT2D eigenvalue weighted by Gasteiger charge is -2.37. The molecule has 1 aliphatic heterocycles. The molecule has 0 bridgehead atoms. The van der Waals surface area contributed by atoms with Gasteiger partial charge in [-0.25, -0.2) is 8.42 Å². The fraction of sp³-hybridized carbons (Fsp3) is 0.214. The first-order chi connectivity index (χ1) is 18.1. The Morgan fingerprint density at radius 1 is 0.842 bits per heavy atom. The van der Waals surface area contributed by atoms with Gasteiger partial charge >= 0.3 is 6.18 Å². The summed E-state index contributed by atoms with van der Waals surface area (Å²) in [6.07, 6.45) is -2.90. The lowest BCUT2D eigenvalue weighted by Crippen LogP contribution is -2.49. The number of amides is 1. The van der Waals surface area contributed by atoms with Crippen molar-refractivity contribution in [2.45, 2.75) is 16.8 Å². The minimum atomic E-state index is -4.46. The number of carbonyl (C=O) groups is 1. The zero-order chi connectivity index (χ0) is 26.9. The van der Waals surface area contributed by atoms with Crippen molar-refractivity contribution in [3.8, 4) is 0 Å². The van der Waals surface area contributed by atoms with Crippen LogP contribution in [0.4, 0.5) is 18.9 Å². The van der Waals surface area contributed by atoms with Crippen LogP contribution in [0.3, 0.4) is 0 Å². The molecular weight excluding hydrogens is 515 g/mol. The van der Waals surface area contributed by atoms with E-state index in [1.165, 1.54) is 18.2 Å². The van der Waals surface area contributed by atoms with Gasteiger partial charge in [-0.2, -0.15) is 13.2 Å². The summed E-state index contributed by atoms with van der Waals surface area (Å²) in [4.78, 5) is 20.7. The molecule has 0 saturated carbocycles. The first-order valence-electron chi connectivity index (χ1n) is 12.0. The third-order valence-corrected chi connectivity index (χ3v) is 8.32. The summed E-state index contributed by atoms with van der Waals surface area (Å²) in [5.41, 5.74) is 0.757. The van der Waals surface area contributed by atoms with E-state index in [9.17, 15) is 26.4 Å². The number of rotatable bonds is 5. The molecule has 1 aliphatic rings. The second-order valence-corrected chi connectivity index (χ2v) is 11.0. The van der Waals surface area contributed by atoms with Gasteiger partial charge in [-0.1, -0.05) is 42.5 Å². The molecule has 1 fully saturated rings. The molecule has 5 rings (SSSR count). The van der Waals surface area contributed by atoms with Crippen LogP contribution < -0.4 is 4.90 Å². The predicted molar refractivity (Wildman–Crippen MR) is 139 cm³/mol. The number of fused-ring (bicyclic) bond motifs is 1. The van der Waals surface area contributed by atoms with Crippen molar-refractivity contribution >= 4 is 32.3 Å². The van der Waals surface area contributed by atoms with Crippen molar-refractivity contribution < 1.29 is 26.4 Å². The Kier molecular flexibility index (Phi) is 6.83. The van der Waals surface area contributed by atoms with Gasteiger partial charge in [0.05, 0.1) is 21.7 Å². The van der Waals surface area contributed by atoms with E-state index in [1.54, 1.807) is 70.6 Å². The second kappa shape index (κ2) is 10.1. The van der Waals surface area contributed by atoms with Gasteiger partial charge in [0, 0.05) is 49.0 Å². The smallest absolute Gasteiger partial charge is 0.367 e. The number of anilines is 1. The highest BCUT2D eigenvalue weighted by molar-refractivity contribution is 7.90. The molecule has 3 aromatic carbocycles. The van der Waals surface area contributed by atoms with Gasteiger partial charge in [0.15, 0.2) is 9.84 Å². The van der Waals surface area contributed by atoms with Gasteiger partial charge in [-0.15, -0.1) is 0 Å². The summed E-state index contributed by atoms with van der Waals surface area (Å²) in [6, 6.07) is 20.4. The highest BCUT2D eigenvalue weighted by Gasteiger charge is 2.35. The minimum Gasteiger partial charge on any atom is -0.367 e. The van der Waals surface area contributed by atoms with Crippen molar-refractivity contribution in [1.29, 1.82) is 0 Å². The Bertz CT molecular complexity index is 1580. The average Bonchev–Trinajstić information content (AvgIpc) is 2.92. The highest BCUT2D eigenvalue weighted by atomic mass is 32.2. The fourth-order valence-electron chi connectivity index (χ4n) is 4.69. The van der Waals surface area contributed by atoms with E-state index in [-0.39, 0.29) is 48.4 Å². The van der Waals surface area contributed by atoms with Gasteiger partial charge in [0.1, 0.15) is 0 Å². The lowest BCUT2D eigenvalue weighted by atomic mass is 10.1. The minimum absolute atomic E-state index is 0.110. The number of para-hydroxylation sites is 2. The normalized spacial score (nSPS) is 14.6. The quantitative estimate of drug-likeness (QED) is 0.349. The van der Waals surface area contributed by atoms with Crippen LogP contribution in [0.5, 0.6) is 0 Å².